The molecule has 0 saturated heterocycles. The Hall–Kier alpha value is -2.04. The van der Waals surface area contributed by atoms with Gasteiger partial charge in [0, 0.05) is 12.5 Å². The number of carbonyl (C=O) groups excluding carboxylic acids is 1. The quantitative estimate of drug-likeness (QED) is 0.753. The summed E-state index contributed by atoms with van der Waals surface area (Å²) in [5.41, 5.74) is 2.51. The minimum Gasteiger partial charge on any atom is -0.356 e. The second-order valence-corrected chi connectivity index (χ2v) is 5.01. The van der Waals surface area contributed by atoms with Gasteiger partial charge in [-0.2, -0.15) is 0 Å². The van der Waals surface area contributed by atoms with Gasteiger partial charge in [-0.15, -0.1) is 0 Å². The number of H-pyrrole nitrogens is 2. The largest absolute Gasteiger partial charge is 0.356 e. The number of nitrogens with one attached hydrogen (secondary N) is 3. The molecule has 5 heteroatoms. The zero-order chi connectivity index (χ0) is 14.5. The molecule has 5 nitrogen and oxygen atoms in total. The lowest BCUT2D eigenvalue weighted by Crippen LogP contribution is -2.31. The summed E-state index contributed by atoms with van der Waals surface area (Å²) < 4.78 is 0. The molecule has 1 heterocycles. The number of rotatable bonds is 6. The zero-order valence-corrected chi connectivity index (χ0v) is 12.0. The molecular weight excluding hydrogens is 254 g/mol. The standard InChI is InChI=1S/C15H21N3O2/c1-3-11(4-2)14(19)16-8-7-10-5-6-12-13(9-10)18-15(20)17-12/h5-6,9,11H,3-4,7-8H2,1-2H3,(H,16,19)(H2,17,18,20). The molecule has 0 unspecified atom stereocenters. The van der Waals surface area contributed by atoms with Crippen molar-refractivity contribution in [3.8, 4) is 0 Å². The van der Waals surface area contributed by atoms with Crippen LogP contribution in [0.2, 0.25) is 0 Å². The summed E-state index contributed by atoms with van der Waals surface area (Å²) in [5, 5.41) is 2.97. The smallest absolute Gasteiger partial charge is 0.323 e. The number of carbonyl (C=O) groups is 1. The fraction of sp³-hybridized carbons (Fsp3) is 0.467. The fourth-order valence-electron chi connectivity index (χ4n) is 2.37. The van der Waals surface area contributed by atoms with E-state index in [4.69, 9.17) is 0 Å². The third-order valence-corrected chi connectivity index (χ3v) is 3.65. The van der Waals surface area contributed by atoms with Crippen LogP contribution in [0, 0.1) is 5.92 Å². The molecule has 2 rings (SSSR count). The van der Waals surface area contributed by atoms with Crippen LogP contribution in [0.5, 0.6) is 0 Å². The van der Waals surface area contributed by atoms with Crippen molar-refractivity contribution in [2.75, 3.05) is 6.54 Å². The van der Waals surface area contributed by atoms with Crippen LogP contribution < -0.4 is 11.0 Å². The van der Waals surface area contributed by atoms with Gasteiger partial charge in [0.1, 0.15) is 0 Å². The van der Waals surface area contributed by atoms with Crippen molar-refractivity contribution < 1.29 is 4.79 Å². The van der Waals surface area contributed by atoms with Crippen molar-refractivity contribution in [1.29, 1.82) is 0 Å². The van der Waals surface area contributed by atoms with E-state index in [1.807, 2.05) is 32.0 Å². The number of benzene rings is 1. The minimum absolute atomic E-state index is 0.110. The number of fused-ring (bicyclic) bond motifs is 1. The molecule has 2 aromatic rings. The van der Waals surface area contributed by atoms with Crippen molar-refractivity contribution in [3.63, 3.8) is 0 Å². The molecule has 0 atom stereocenters. The van der Waals surface area contributed by atoms with Crippen LogP contribution >= 0.6 is 0 Å². The molecule has 20 heavy (non-hydrogen) atoms. The fourth-order valence-corrected chi connectivity index (χ4v) is 2.37. The topological polar surface area (TPSA) is 77.8 Å². The van der Waals surface area contributed by atoms with E-state index in [1.54, 1.807) is 0 Å². The average molecular weight is 275 g/mol. The molecule has 0 radical (unpaired) electrons. The highest BCUT2D eigenvalue weighted by Crippen LogP contribution is 2.11. The first-order valence-corrected chi connectivity index (χ1v) is 7.12. The zero-order valence-electron chi connectivity index (χ0n) is 12.0. The first kappa shape index (κ1) is 14.4. The van der Waals surface area contributed by atoms with Crippen LogP contribution in [-0.4, -0.2) is 22.4 Å². The lowest BCUT2D eigenvalue weighted by atomic mass is 10.0. The highest BCUT2D eigenvalue weighted by atomic mass is 16.2. The summed E-state index contributed by atoms with van der Waals surface area (Å²) in [5.74, 6) is 0.240. The number of hydrogen-bond donors (Lipinski definition) is 3. The summed E-state index contributed by atoms with van der Waals surface area (Å²) in [4.78, 5) is 28.5. The number of aromatic amines is 2. The molecule has 0 spiro atoms. The van der Waals surface area contributed by atoms with Crippen LogP contribution in [0.15, 0.2) is 23.0 Å². The van der Waals surface area contributed by atoms with Crippen molar-refractivity contribution in [3.05, 3.63) is 34.2 Å². The van der Waals surface area contributed by atoms with E-state index in [0.29, 0.717) is 6.54 Å². The second kappa shape index (κ2) is 6.41. The lowest BCUT2D eigenvalue weighted by Gasteiger charge is -2.12. The Morgan fingerprint density at radius 3 is 2.60 bits per heavy atom. The molecule has 0 fully saturated rings. The first-order valence-electron chi connectivity index (χ1n) is 7.12. The minimum atomic E-state index is -0.195. The van der Waals surface area contributed by atoms with Gasteiger partial charge in [0.15, 0.2) is 0 Å². The van der Waals surface area contributed by atoms with E-state index in [1.165, 1.54) is 0 Å². The normalized spacial score (nSPS) is 11.2. The molecule has 3 N–H and O–H groups in total. The van der Waals surface area contributed by atoms with Crippen molar-refractivity contribution in [2.45, 2.75) is 33.1 Å². The average Bonchev–Trinajstić information content (AvgIpc) is 2.79. The highest BCUT2D eigenvalue weighted by Gasteiger charge is 2.12. The third-order valence-electron chi connectivity index (χ3n) is 3.65. The predicted octanol–water partition coefficient (Wildman–Crippen LogP) is 1.95. The Morgan fingerprint density at radius 2 is 1.90 bits per heavy atom. The maximum atomic E-state index is 11.8. The second-order valence-electron chi connectivity index (χ2n) is 5.01. The molecule has 108 valence electrons. The SMILES string of the molecule is CCC(CC)C(=O)NCCc1ccc2[nH]c(=O)[nH]c2c1. The maximum absolute atomic E-state index is 11.8. The van der Waals surface area contributed by atoms with Gasteiger partial charge in [-0.1, -0.05) is 19.9 Å². The summed E-state index contributed by atoms with van der Waals surface area (Å²) in [6.45, 7) is 4.68. The van der Waals surface area contributed by atoms with Crippen LogP contribution in [0.3, 0.4) is 0 Å². The summed E-state index contributed by atoms with van der Waals surface area (Å²) in [6.07, 6.45) is 2.51. The monoisotopic (exact) mass is 275 g/mol. The molecule has 1 aromatic heterocycles. The Kier molecular flexibility index (Phi) is 4.61. The summed E-state index contributed by atoms with van der Waals surface area (Å²) in [6, 6.07) is 5.79. The number of imidazole rings is 1. The highest BCUT2D eigenvalue weighted by molar-refractivity contribution is 5.78. The Balaban J connectivity index is 1.92. The molecular formula is C15H21N3O2. The number of amides is 1. The molecule has 1 aromatic carbocycles. The predicted molar refractivity (Wildman–Crippen MR) is 79.7 cm³/mol. The molecule has 0 aliphatic rings. The molecule has 0 bridgehead atoms. The van der Waals surface area contributed by atoms with E-state index in [0.717, 1.165) is 35.9 Å². The number of aromatic nitrogens is 2. The van der Waals surface area contributed by atoms with Gasteiger partial charge in [0.25, 0.3) is 0 Å². The van der Waals surface area contributed by atoms with Gasteiger partial charge in [-0.3, -0.25) is 4.79 Å². The van der Waals surface area contributed by atoms with E-state index in [9.17, 15) is 9.59 Å². The third kappa shape index (κ3) is 3.29. The molecule has 0 saturated carbocycles. The van der Waals surface area contributed by atoms with E-state index < -0.39 is 0 Å². The first-order chi connectivity index (χ1) is 9.63. The number of hydrogen-bond acceptors (Lipinski definition) is 2. The molecule has 0 aliphatic carbocycles. The Labute approximate surface area is 117 Å². The van der Waals surface area contributed by atoms with Gasteiger partial charge in [-0.25, -0.2) is 4.79 Å². The van der Waals surface area contributed by atoms with Crippen LogP contribution in [0.4, 0.5) is 0 Å². The Morgan fingerprint density at radius 1 is 1.20 bits per heavy atom. The van der Waals surface area contributed by atoms with Gasteiger partial charge in [-0.05, 0) is 37.0 Å². The van der Waals surface area contributed by atoms with Crippen molar-refractivity contribution >= 4 is 16.9 Å². The Bertz CT molecular complexity index is 638. The van der Waals surface area contributed by atoms with Crippen molar-refractivity contribution in [1.82, 2.24) is 15.3 Å². The molecule has 1 amide bonds. The van der Waals surface area contributed by atoms with Crippen LogP contribution in [-0.2, 0) is 11.2 Å². The van der Waals surface area contributed by atoms with Gasteiger partial charge < -0.3 is 15.3 Å². The van der Waals surface area contributed by atoms with E-state index in [2.05, 4.69) is 15.3 Å². The van der Waals surface area contributed by atoms with Gasteiger partial charge in [0.2, 0.25) is 5.91 Å². The van der Waals surface area contributed by atoms with Crippen LogP contribution in [0.1, 0.15) is 32.3 Å². The maximum Gasteiger partial charge on any atom is 0.323 e. The van der Waals surface area contributed by atoms with E-state index >= 15 is 0 Å². The van der Waals surface area contributed by atoms with Gasteiger partial charge in [0.05, 0.1) is 11.0 Å². The van der Waals surface area contributed by atoms with Crippen molar-refractivity contribution in [2.24, 2.45) is 5.92 Å². The summed E-state index contributed by atoms with van der Waals surface area (Å²) >= 11 is 0. The van der Waals surface area contributed by atoms with E-state index in [-0.39, 0.29) is 17.5 Å². The van der Waals surface area contributed by atoms with Gasteiger partial charge >= 0.3 is 5.69 Å². The summed E-state index contributed by atoms with van der Waals surface area (Å²) in [7, 11) is 0. The van der Waals surface area contributed by atoms with Crippen LogP contribution in [0.25, 0.3) is 11.0 Å². The molecule has 0 aliphatic heterocycles. The lowest BCUT2D eigenvalue weighted by molar-refractivity contribution is -0.125.